The highest BCUT2D eigenvalue weighted by Crippen LogP contribution is 2.34. The molecule has 0 aromatic carbocycles. The summed E-state index contributed by atoms with van der Waals surface area (Å²) in [5.74, 6) is 1.43. The van der Waals surface area contributed by atoms with Crippen LogP contribution >= 0.6 is 0 Å². The van der Waals surface area contributed by atoms with Crippen LogP contribution in [-0.2, 0) is 4.74 Å². The lowest BCUT2D eigenvalue weighted by Crippen LogP contribution is -2.41. The van der Waals surface area contributed by atoms with E-state index in [1.807, 2.05) is 34.9 Å². The average molecular weight is 422 g/mol. The molecule has 1 amide bonds. The number of imidazole rings is 1. The van der Waals surface area contributed by atoms with E-state index in [1.54, 1.807) is 12.4 Å². The molecule has 0 bridgehead atoms. The summed E-state index contributed by atoms with van der Waals surface area (Å²) in [6.07, 6.45) is 7.48. The van der Waals surface area contributed by atoms with Crippen LogP contribution in [0.5, 0.6) is 0 Å². The first kappa shape index (κ1) is 19.9. The summed E-state index contributed by atoms with van der Waals surface area (Å²) in [7, 11) is 0. The van der Waals surface area contributed by atoms with Crippen LogP contribution < -0.4 is 10.2 Å². The largest absolute Gasteiger partial charge is 0.379 e. The first-order valence-corrected chi connectivity index (χ1v) is 10.9. The maximum Gasteiger partial charge on any atom is 0.272 e. The molecular weight excluding hydrogens is 394 g/mol. The number of hydrogen-bond donors (Lipinski definition) is 1. The van der Waals surface area contributed by atoms with E-state index >= 15 is 0 Å². The van der Waals surface area contributed by atoms with Crippen molar-refractivity contribution in [1.29, 1.82) is 0 Å². The molecule has 2 aliphatic rings. The highest BCUT2D eigenvalue weighted by Gasteiger charge is 2.32. The zero-order valence-corrected chi connectivity index (χ0v) is 17.5. The number of nitrogens with one attached hydrogen (secondary N) is 1. The Bertz CT molecular complexity index is 1030. The maximum absolute atomic E-state index is 13.0. The van der Waals surface area contributed by atoms with E-state index in [0.29, 0.717) is 18.2 Å². The van der Waals surface area contributed by atoms with Crippen LogP contribution in [0.3, 0.4) is 0 Å². The number of pyridine rings is 1. The van der Waals surface area contributed by atoms with Crippen molar-refractivity contribution in [3.63, 3.8) is 0 Å². The molecule has 2 saturated heterocycles. The highest BCUT2D eigenvalue weighted by molar-refractivity contribution is 5.99. The SMILES string of the molecule is O=C(NCCN1CCOCC1)c1nc([C@H]2CCCN2c2ncccn2)n2ccccc12. The minimum Gasteiger partial charge on any atom is -0.379 e. The third-order valence-corrected chi connectivity index (χ3v) is 5.97. The molecule has 0 saturated carbocycles. The Kier molecular flexibility index (Phi) is 5.77. The molecule has 2 fully saturated rings. The number of anilines is 1. The molecular formula is C22H27N7O2. The molecule has 5 rings (SSSR count). The molecule has 3 aromatic rings. The zero-order chi connectivity index (χ0) is 21.0. The molecule has 5 heterocycles. The second kappa shape index (κ2) is 8.99. The quantitative estimate of drug-likeness (QED) is 0.646. The van der Waals surface area contributed by atoms with E-state index in [4.69, 9.17) is 9.72 Å². The van der Waals surface area contributed by atoms with Gasteiger partial charge in [0.2, 0.25) is 5.95 Å². The topological polar surface area (TPSA) is 87.9 Å². The van der Waals surface area contributed by atoms with Gasteiger partial charge in [-0.3, -0.25) is 9.69 Å². The molecule has 1 N–H and O–H groups in total. The molecule has 0 spiro atoms. The van der Waals surface area contributed by atoms with Crippen LogP contribution in [0.4, 0.5) is 5.95 Å². The minimum absolute atomic E-state index is 0.0344. The molecule has 2 aliphatic heterocycles. The summed E-state index contributed by atoms with van der Waals surface area (Å²) >= 11 is 0. The van der Waals surface area contributed by atoms with Gasteiger partial charge in [0, 0.05) is 51.3 Å². The monoisotopic (exact) mass is 421 g/mol. The molecule has 0 aliphatic carbocycles. The van der Waals surface area contributed by atoms with Gasteiger partial charge in [0.25, 0.3) is 5.91 Å². The fraction of sp³-hybridized carbons (Fsp3) is 0.455. The molecule has 3 aromatic heterocycles. The van der Waals surface area contributed by atoms with Crippen LogP contribution in [0.1, 0.15) is 35.2 Å². The Morgan fingerprint density at radius 1 is 1.13 bits per heavy atom. The number of rotatable bonds is 6. The van der Waals surface area contributed by atoms with Gasteiger partial charge in [0.05, 0.1) is 24.8 Å². The summed E-state index contributed by atoms with van der Waals surface area (Å²) in [6, 6.07) is 7.71. The van der Waals surface area contributed by atoms with Gasteiger partial charge in [-0.25, -0.2) is 15.0 Å². The number of carbonyl (C=O) groups excluding carboxylic acids is 1. The Hall–Kier alpha value is -3.04. The number of amides is 1. The van der Waals surface area contributed by atoms with Gasteiger partial charge in [-0.15, -0.1) is 0 Å². The summed E-state index contributed by atoms with van der Waals surface area (Å²) in [5, 5.41) is 3.05. The van der Waals surface area contributed by atoms with Crippen LogP contribution in [0.15, 0.2) is 42.9 Å². The first-order chi connectivity index (χ1) is 15.3. The van der Waals surface area contributed by atoms with Gasteiger partial charge in [-0.1, -0.05) is 6.07 Å². The minimum atomic E-state index is -0.135. The van der Waals surface area contributed by atoms with Crippen molar-refractivity contribution in [3.8, 4) is 0 Å². The molecule has 9 heteroatoms. The lowest BCUT2D eigenvalue weighted by atomic mass is 10.2. The van der Waals surface area contributed by atoms with Crippen LogP contribution in [0, 0.1) is 0 Å². The van der Waals surface area contributed by atoms with E-state index in [-0.39, 0.29) is 11.9 Å². The summed E-state index contributed by atoms with van der Waals surface area (Å²) < 4.78 is 7.41. The Morgan fingerprint density at radius 3 is 2.81 bits per heavy atom. The molecule has 0 unspecified atom stereocenters. The summed E-state index contributed by atoms with van der Waals surface area (Å²) in [6.45, 7) is 5.61. The predicted molar refractivity (Wildman–Crippen MR) is 116 cm³/mol. The molecule has 162 valence electrons. The second-order valence-corrected chi connectivity index (χ2v) is 7.88. The third kappa shape index (κ3) is 4.11. The van der Waals surface area contributed by atoms with Gasteiger partial charge in [0.15, 0.2) is 5.69 Å². The molecule has 9 nitrogen and oxygen atoms in total. The number of nitrogens with zero attached hydrogens (tertiary/aromatic N) is 6. The molecule has 1 atom stereocenters. The normalized spacial score (nSPS) is 19.7. The third-order valence-electron chi connectivity index (χ3n) is 5.97. The lowest BCUT2D eigenvalue weighted by molar-refractivity contribution is 0.0383. The van der Waals surface area contributed by atoms with Gasteiger partial charge >= 0.3 is 0 Å². The van der Waals surface area contributed by atoms with Crippen molar-refractivity contribution in [1.82, 2.24) is 29.6 Å². The van der Waals surface area contributed by atoms with Crippen molar-refractivity contribution < 1.29 is 9.53 Å². The van der Waals surface area contributed by atoms with Crippen LogP contribution in [0.25, 0.3) is 5.52 Å². The fourth-order valence-electron chi connectivity index (χ4n) is 4.41. The smallest absolute Gasteiger partial charge is 0.272 e. The number of ether oxygens (including phenoxy) is 1. The van der Waals surface area contributed by atoms with Gasteiger partial charge in [0.1, 0.15) is 5.82 Å². The summed E-state index contributed by atoms with van der Waals surface area (Å²) in [4.78, 5) is 31.2. The lowest BCUT2D eigenvalue weighted by Gasteiger charge is -2.26. The number of carbonyl (C=O) groups is 1. The second-order valence-electron chi connectivity index (χ2n) is 7.88. The van der Waals surface area contributed by atoms with E-state index in [0.717, 1.165) is 63.6 Å². The first-order valence-electron chi connectivity index (χ1n) is 10.9. The van der Waals surface area contributed by atoms with Gasteiger partial charge < -0.3 is 19.4 Å². The molecule has 0 radical (unpaired) electrons. The Labute approximate surface area is 181 Å². The van der Waals surface area contributed by atoms with Crippen molar-refractivity contribution in [3.05, 3.63) is 54.4 Å². The van der Waals surface area contributed by atoms with Crippen molar-refractivity contribution in [2.75, 3.05) is 50.8 Å². The van der Waals surface area contributed by atoms with E-state index in [2.05, 4.69) is 25.1 Å². The average Bonchev–Trinajstić information content (AvgIpc) is 3.45. The van der Waals surface area contributed by atoms with Gasteiger partial charge in [-0.05, 0) is 31.0 Å². The van der Waals surface area contributed by atoms with E-state index < -0.39 is 0 Å². The van der Waals surface area contributed by atoms with Gasteiger partial charge in [-0.2, -0.15) is 0 Å². The predicted octanol–water partition coefficient (Wildman–Crippen LogP) is 1.53. The van der Waals surface area contributed by atoms with Crippen molar-refractivity contribution >= 4 is 17.4 Å². The number of morpholine rings is 1. The van der Waals surface area contributed by atoms with Crippen LogP contribution in [0.2, 0.25) is 0 Å². The fourth-order valence-corrected chi connectivity index (χ4v) is 4.41. The summed E-state index contributed by atoms with van der Waals surface area (Å²) in [5.41, 5.74) is 1.29. The van der Waals surface area contributed by atoms with Crippen molar-refractivity contribution in [2.24, 2.45) is 0 Å². The number of aromatic nitrogens is 4. The van der Waals surface area contributed by atoms with E-state index in [1.165, 1.54) is 0 Å². The standard InChI is InChI=1S/C22H27N7O2/c30-21(23-9-12-27-13-15-31-16-14-27)19-17-5-1-2-10-28(17)20(26-19)18-6-3-11-29(18)22-24-7-4-8-25-22/h1-2,4-5,7-8,10,18H,3,6,9,11-16H2,(H,23,30)/t18-/m1/s1. The van der Waals surface area contributed by atoms with Crippen LogP contribution in [-0.4, -0.2) is 76.1 Å². The maximum atomic E-state index is 13.0. The number of hydrogen-bond acceptors (Lipinski definition) is 7. The number of fused-ring (bicyclic) bond motifs is 1. The molecule has 31 heavy (non-hydrogen) atoms. The van der Waals surface area contributed by atoms with E-state index in [9.17, 15) is 4.79 Å². The zero-order valence-electron chi connectivity index (χ0n) is 17.5. The highest BCUT2D eigenvalue weighted by atomic mass is 16.5. The Morgan fingerprint density at radius 2 is 1.97 bits per heavy atom. The van der Waals surface area contributed by atoms with Crippen molar-refractivity contribution in [2.45, 2.75) is 18.9 Å². The Balaban J connectivity index is 1.37.